The Kier molecular flexibility index (Phi) is 5.01. The predicted molar refractivity (Wildman–Crippen MR) is 108 cm³/mol. The molecule has 3 rings (SSSR count). The predicted octanol–water partition coefficient (Wildman–Crippen LogP) is 6.45. The molecule has 2 nitrogen and oxygen atoms in total. The van der Waals surface area contributed by atoms with Crippen molar-refractivity contribution in [2.75, 3.05) is 11.4 Å². The highest BCUT2D eigenvalue weighted by molar-refractivity contribution is 9.10. The minimum Gasteiger partial charge on any atom is -0.366 e. The second-order valence-corrected chi connectivity index (χ2v) is 8.24. The zero-order valence-electron chi connectivity index (χ0n) is 15.2. The molecule has 1 atom stereocenters. The molecular weight excluding hydrogens is 379 g/mol. The topological polar surface area (TPSA) is 15.6 Å². The summed E-state index contributed by atoms with van der Waals surface area (Å²) in [5.74, 6) is 0.177. The summed E-state index contributed by atoms with van der Waals surface area (Å²) in [6.07, 6.45) is 2.68. The first-order chi connectivity index (χ1) is 11.8. The van der Waals surface area contributed by atoms with E-state index in [1.807, 2.05) is 30.3 Å². The number of aliphatic imine (C=N–C) groups is 1. The van der Waals surface area contributed by atoms with Crippen LogP contribution in [0.5, 0.6) is 0 Å². The largest absolute Gasteiger partial charge is 0.366 e. The molecule has 4 heteroatoms. The Bertz CT molecular complexity index is 796. The minimum atomic E-state index is -0.219. The Labute approximate surface area is 157 Å². The van der Waals surface area contributed by atoms with E-state index in [0.717, 1.165) is 28.8 Å². The second kappa shape index (κ2) is 6.91. The summed E-state index contributed by atoms with van der Waals surface area (Å²) < 4.78 is 15.7. The average Bonchev–Trinajstić information content (AvgIpc) is 2.54. The third kappa shape index (κ3) is 3.64. The number of rotatable bonds is 3. The van der Waals surface area contributed by atoms with Gasteiger partial charge in [0.2, 0.25) is 0 Å². The maximum atomic E-state index is 14.7. The molecule has 0 amide bonds. The van der Waals surface area contributed by atoms with E-state index >= 15 is 0 Å². The summed E-state index contributed by atoms with van der Waals surface area (Å²) >= 11 is 3.41. The van der Waals surface area contributed by atoms with E-state index in [-0.39, 0.29) is 11.4 Å². The summed E-state index contributed by atoms with van der Waals surface area (Å²) in [6, 6.07) is 11.3. The number of hydrogen-bond donors (Lipinski definition) is 0. The summed E-state index contributed by atoms with van der Waals surface area (Å²) in [7, 11) is 0. The molecule has 0 aromatic heterocycles. The monoisotopic (exact) mass is 402 g/mol. The second-order valence-electron chi connectivity index (χ2n) is 7.33. The van der Waals surface area contributed by atoms with Crippen LogP contribution in [0.1, 0.15) is 51.2 Å². The summed E-state index contributed by atoms with van der Waals surface area (Å²) in [5, 5.41) is 0. The Balaban J connectivity index is 1.99. The van der Waals surface area contributed by atoms with Crippen molar-refractivity contribution in [2.24, 2.45) is 4.99 Å². The van der Waals surface area contributed by atoms with Crippen LogP contribution < -0.4 is 4.90 Å². The third-order valence-corrected chi connectivity index (χ3v) is 5.53. The molecule has 0 fully saturated rings. The molecule has 2 aromatic rings. The first-order valence-electron chi connectivity index (χ1n) is 8.72. The molecule has 0 aliphatic carbocycles. The molecule has 0 N–H and O–H groups in total. The normalized spacial score (nSPS) is 19.3. The number of anilines is 1. The Morgan fingerprint density at radius 3 is 2.60 bits per heavy atom. The van der Waals surface area contributed by atoms with Gasteiger partial charge in [0.05, 0.1) is 5.69 Å². The Morgan fingerprint density at radius 1 is 1.28 bits per heavy atom. The van der Waals surface area contributed by atoms with Crippen LogP contribution in [0.15, 0.2) is 45.9 Å². The van der Waals surface area contributed by atoms with Gasteiger partial charge in [0, 0.05) is 34.0 Å². The standard InChI is InChI=1S/C21H24BrFN2/c1-5-25-20-11-19(23)15(10-18(20)14(2)12-21(25,3)4)13-24-17-8-6-16(22)7-9-17/h6-11,13-14H,5,12H2,1-4H3. The van der Waals surface area contributed by atoms with Crippen molar-refractivity contribution in [2.45, 2.75) is 45.6 Å². The molecule has 0 spiro atoms. The van der Waals surface area contributed by atoms with Crippen LogP contribution in [0.3, 0.4) is 0 Å². The van der Waals surface area contributed by atoms with Gasteiger partial charge in [-0.15, -0.1) is 0 Å². The van der Waals surface area contributed by atoms with E-state index in [4.69, 9.17) is 0 Å². The fraction of sp³-hybridized carbons (Fsp3) is 0.381. The van der Waals surface area contributed by atoms with Crippen LogP contribution >= 0.6 is 15.9 Å². The number of benzene rings is 2. The smallest absolute Gasteiger partial charge is 0.134 e. The lowest BCUT2D eigenvalue weighted by Crippen LogP contribution is -2.48. The summed E-state index contributed by atoms with van der Waals surface area (Å²) in [6.45, 7) is 9.69. The van der Waals surface area contributed by atoms with E-state index in [2.05, 4.69) is 53.5 Å². The summed E-state index contributed by atoms with van der Waals surface area (Å²) in [5.41, 5.74) is 3.62. The lowest BCUT2D eigenvalue weighted by Gasteiger charge is -2.47. The van der Waals surface area contributed by atoms with Crippen LogP contribution in [-0.2, 0) is 0 Å². The van der Waals surface area contributed by atoms with Gasteiger partial charge in [-0.2, -0.15) is 0 Å². The van der Waals surface area contributed by atoms with Crippen molar-refractivity contribution >= 4 is 33.5 Å². The quantitative estimate of drug-likeness (QED) is 0.538. The fourth-order valence-corrected chi connectivity index (χ4v) is 4.15. The van der Waals surface area contributed by atoms with Crippen molar-refractivity contribution in [1.29, 1.82) is 0 Å². The van der Waals surface area contributed by atoms with Crippen molar-refractivity contribution in [3.63, 3.8) is 0 Å². The number of hydrogen-bond acceptors (Lipinski definition) is 2. The maximum Gasteiger partial charge on any atom is 0.134 e. The van der Waals surface area contributed by atoms with Gasteiger partial charge in [-0.3, -0.25) is 4.99 Å². The molecule has 1 heterocycles. The minimum absolute atomic E-state index is 0.0423. The molecule has 0 saturated heterocycles. The molecule has 1 aliphatic rings. The van der Waals surface area contributed by atoms with Gasteiger partial charge in [0.1, 0.15) is 5.82 Å². The molecule has 25 heavy (non-hydrogen) atoms. The number of halogens is 2. The number of nitrogens with zero attached hydrogens (tertiary/aromatic N) is 2. The first kappa shape index (κ1) is 18.1. The van der Waals surface area contributed by atoms with E-state index in [1.54, 1.807) is 12.3 Å². The van der Waals surface area contributed by atoms with Crippen molar-refractivity contribution in [3.05, 3.63) is 57.8 Å². The highest BCUT2D eigenvalue weighted by Crippen LogP contribution is 2.43. The number of fused-ring (bicyclic) bond motifs is 1. The molecule has 0 bridgehead atoms. The van der Waals surface area contributed by atoms with Crippen LogP contribution in [0.25, 0.3) is 0 Å². The molecule has 2 aromatic carbocycles. The molecule has 0 radical (unpaired) electrons. The highest BCUT2D eigenvalue weighted by Gasteiger charge is 2.36. The molecular formula is C21H24BrFN2. The van der Waals surface area contributed by atoms with Crippen LogP contribution in [0.2, 0.25) is 0 Å². The van der Waals surface area contributed by atoms with Gasteiger partial charge in [0.15, 0.2) is 0 Å². The van der Waals surface area contributed by atoms with Gasteiger partial charge in [-0.1, -0.05) is 22.9 Å². The van der Waals surface area contributed by atoms with Crippen molar-refractivity contribution in [1.82, 2.24) is 0 Å². The van der Waals surface area contributed by atoms with Crippen molar-refractivity contribution in [3.8, 4) is 0 Å². The molecule has 1 aliphatic heterocycles. The van der Waals surface area contributed by atoms with Crippen molar-refractivity contribution < 1.29 is 4.39 Å². The zero-order valence-corrected chi connectivity index (χ0v) is 16.8. The lowest BCUT2D eigenvalue weighted by atomic mass is 9.79. The van der Waals surface area contributed by atoms with Gasteiger partial charge in [-0.05, 0) is 75.1 Å². The molecule has 1 unspecified atom stereocenters. The van der Waals surface area contributed by atoms with E-state index in [1.165, 1.54) is 5.56 Å². The Morgan fingerprint density at radius 2 is 1.96 bits per heavy atom. The van der Waals surface area contributed by atoms with Gasteiger partial charge in [-0.25, -0.2) is 4.39 Å². The summed E-state index contributed by atoms with van der Waals surface area (Å²) in [4.78, 5) is 6.73. The fourth-order valence-electron chi connectivity index (χ4n) is 3.89. The maximum absolute atomic E-state index is 14.7. The average molecular weight is 403 g/mol. The van der Waals surface area contributed by atoms with E-state index in [9.17, 15) is 4.39 Å². The molecule has 0 saturated carbocycles. The zero-order chi connectivity index (χ0) is 18.2. The first-order valence-corrected chi connectivity index (χ1v) is 9.52. The lowest BCUT2D eigenvalue weighted by molar-refractivity contribution is 0.380. The third-order valence-electron chi connectivity index (χ3n) is 5.00. The van der Waals surface area contributed by atoms with E-state index in [0.29, 0.717) is 11.5 Å². The highest BCUT2D eigenvalue weighted by atomic mass is 79.9. The van der Waals surface area contributed by atoms with Crippen LogP contribution in [0, 0.1) is 5.82 Å². The van der Waals surface area contributed by atoms with Crippen LogP contribution in [-0.4, -0.2) is 18.3 Å². The van der Waals surface area contributed by atoms with Gasteiger partial charge < -0.3 is 4.90 Å². The van der Waals surface area contributed by atoms with Gasteiger partial charge >= 0.3 is 0 Å². The van der Waals surface area contributed by atoms with E-state index < -0.39 is 0 Å². The Hall–Kier alpha value is -1.68. The molecule has 132 valence electrons. The van der Waals surface area contributed by atoms with Crippen LogP contribution in [0.4, 0.5) is 15.8 Å². The van der Waals surface area contributed by atoms with Gasteiger partial charge in [0.25, 0.3) is 0 Å². The SMILES string of the molecule is CCN1c2cc(F)c(C=Nc3ccc(Br)cc3)cc2C(C)CC1(C)C.